The molecule has 1 aliphatic rings. The zero-order chi connectivity index (χ0) is 14.1. The average Bonchev–Trinajstić information content (AvgIpc) is 3.08. The third-order valence-corrected chi connectivity index (χ3v) is 3.68. The van der Waals surface area contributed by atoms with Gasteiger partial charge in [0, 0.05) is 24.2 Å². The molecule has 3 rings (SSSR count). The molecule has 1 N–H and O–H groups in total. The molecule has 106 valence electrons. The van der Waals surface area contributed by atoms with Crippen LogP contribution in [0.2, 0.25) is 0 Å². The summed E-state index contributed by atoms with van der Waals surface area (Å²) in [5, 5.41) is 8.13. The van der Waals surface area contributed by atoms with Crippen LogP contribution in [0.25, 0.3) is 11.3 Å². The number of fused-ring (bicyclic) bond motifs is 1. The number of benzene rings is 1. The summed E-state index contributed by atoms with van der Waals surface area (Å²) in [5.74, 6) is 2.76. The first kappa shape index (κ1) is 12.8. The molecule has 5 nitrogen and oxygen atoms in total. The summed E-state index contributed by atoms with van der Waals surface area (Å²) in [4.78, 5) is 0. The fourth-order valence-corrected chi connectivity index (χ4v) is 2.68. The number of aryl methyl sites for hydroxylation is 1. The number of anilines is 1. The van der Waals surface area contributed by atoms with Crippen molar-refractivity contribution in [1.82, 2.24) is 9.78 Å². The van der Waals surface area contributed by atoms with Crippen molar-refractivity contribution in [3.63, 3.8) is 0 Å². The number of ether oxygens (including phenoxy) is 2. The smallest absolute Gasteiger partial charge is 0.128 e. The molecule has 0 radical (unpaired) electrons. The third-order valence-electron chi connectivity index (χ3n) is 3.68. The van der Waals surface area contributed by atoms with Crippen molar-refractivity contribution in [3.8, 4) is 22.8 Å². The largest absolute Gasteiger partial charge is 0.497 e. The van der Waals surface area contributed by atoms with E-state index in [1.165, 1.54) is 5.56 Å². The van der Waals surface area contributed by atoms with Crippen molar-refractivity contribution in [2.75, 3.05) is 26.1 Å². The van der Waals surface area contributed by atoms with Gasteiger partial charge in [-0.2, -0.15) is 5.10 Å². The maximum absolute atomic E-state index is 5.48. The van der Waals surface area contributed by atoms with Gasteiger partial charge in [-0.15, -0.1) is 0 Å². The Morgan fingerprint density at radius 2 is 2.15 bits per heavy atom. The van der Waals surface area contributed by atoms with Crippen LogP contribution < -0.4 is 14.8 Å². The van der Waals surface area contributed by atoms with Gasteiger partial charge in [-0.25, -0.2) is 4.68 Å². The number of hydrogen-bond acceptors (Lipinski definition) is 4. The maximum atomic E-state index is 5.48. The second-order valence-corrected chi connectivity index (χ2v) is 4.73. The van der Waals surface area contributed by atoms with Gasteiger partial charge in [0.2, 0.25) is 0 Å². The minimum absolute atomic E-state index is 0.812. The standard InChI is InChI=1S/C15H19N3O2/c1-4-18-15-11(7-8-16-15)14(17-18)12-9-10(19-2)5-6-13(12)20-3/h5-6,9,16H,4,7-8H2,1-3H3. The molecule has 0 aliphatic carbocycles. The molecule has 0 unspecified atom stereocenters. The van der Waals surface area contributed by atoms with Crippen LogP contribution in [0.5, 0.6) is 11.5 Å². The fraction of sp³-hybridized carbons (Fsp3) is 0.400. The topological polar surface area (TPSA) is 48.3 Å². The molecule has 0 amide bonds. The second-order valence-electron chi connectivity index (χ2n) is 4.73. The molecule has 1 aromatic carbocycles. The van der Waals surface area contributed by atoms with Crippen molar-refractivity contribution < 1.29 is 9.47 Å². The van der Waals surface area contributed by atoms with Crippen molar-refractivity contribution in [3.05, 3.63) is 23.8 Å². The Bertz CT molecular complexity index is 634. The Hall–Kier alpha value is -2.17. The van der Waals surface area contributed by atoms with Gasteiger partial charge in [-0.1, -0.05) is 0 Å². The van der Waals surface area contributed by atoms with Gasteiger partial charge < -0.3 is 14.8 Å². The summed E-state index contributed by atoms with van der Waals surface area (Å²) in [5.41, 5.74) is 3.24. The summed E-state index contributed by atoms with van der Waals surface area (Å²) in [6.07, 6.45) is 0.991. The number of rotatable bonds is 4. The van der Waals surface area contributed by atoms with Crippen LogP contribution >= 0.6 is 0 Å². The van der Waals surface area contributed by atoms with E-state index in [0.717, 1.165) is 48.1 Å². The summed E-state index contributed by atoms with van der Waals surface area (Å²) < 4.78 is 12.8. The summed E-state index contributed by atoms with van der Waals surface area (Å²) in [6, 6.07) is 5.81. The molecule has 0 atom stereocenters. The van der Waals surface area contributed by atoms with Gasteiger partial charge in [0.05, 0.1) is 14.2 Å². The Kier molecular flexibility index (Phi) is 3.26. The van der Waals surface area contributed by atoms with Crippen LogP contribution in [-0.2, 0) is 13.0 Å². The maximum Gasteiger partial charge on any atom is 0.128 e. The van der Waals surface area contributed by atoms with E-state index in [2.05, 4.69) is 12.2 Å². The normalized spacial score (nSPS) is 12.9. The van der Waals surface area contributed by atoms with E-state index in [0.29, 0.717) is 0 Å². The van der Waals surface area contributed by atoms with Gasteiger partial charge in [-0.3, -0.25) is 0 Å². The lowest BCUT2D eigenvalue weighted by molar-refractivity contribution is 0.404. The SMILES string of the molecule is CCn1nc(-c2cc(OC)ccc2OC)c2c1NCC2. The van der Waals surface area contributed by atoms with Gasteiger partial charge in [0.25, 0.3) is 0 Å². The van der Waals surface area contributed by atoms with Crippen LogP contribution in [0.4, 0.5) is 5.82 Å². The van der Waals surface area contributed by atoms with Crippen LogP contribution in [0.1, 0.15) is 12.5 Å². The Labute approximate surface area is 118 Å². The zero-order valence-corrected chi connectivity index (χ0v) is 12.1. The van der Waals surface area contributed by atoms with E-state index < -0.39 is 0 Å². The molecular weight excluding hydrogens is 254 g/mol. The molecule has 1 aromatic heterocycles. The Balaban J connectivity index is 2.18. The highest BCUT2D eigenvalue weighted by Gasteiger charge is 2.24. The Morgan fingerprint density at radius 1 is 1.30 bits per heavy atom. The molecule has 0 fully saturated rings. The van der Waals surface area contributed by atoms with Crippen molar-refractivity contribution >= 4 is 5.82 Å². The molecule has 0 saturated heterocycles. The molecule has 20 heavy (non-hydrogen) atoms. The number of nitrogens with zero attached hydrogens (tertiary/aromatic N) is 2. The third kappa shape index (κ3) is 1.90. The molecule has 2 heterocycles. The van der Waals surface area contributed by atoms with E-state index in [4.69, 9.17) is 14.6 Å². The van der Waals surface area contributed by atoms with Gasteiger partial charge in [0.15, 0.2) is 0 Å². The highest BCUT2D eigenvalue weighted by atomic mass is 16.5. The molecule has 0 spiro atoms. The number of aromatic nitrogens is 2. The minimum atomic E-state index is 0.812. The summed E-state index contributed by atoms with van der Waals surface area (Å²) in [7, 11) is 3.35. The summed E-state index contributed by atoms with van der Waals surface area (Å²) >= 11 is 0. The predicted octanol–water partition coefficient (Wildman–Crippen LogP) is 2.56. The lowest BCUT2D eigenvalue weighted by Crippen LogP contribution is -2.04. The molecular formula is C15H19N3O2. The monoisotopic (exact) mass is 273 g/mol. The highest BCUT2D eigenvalue weighted by Crippen LogP contribution is 2.38. The molecule has 0 saturated carbocycles. The predicted molar refractivity (Wildman–Crippen MR) is 78.6 cm³/mol. The first-order chi connectivity index (χ1) is 9.78. The molecule has 1 aliphatic heterocycles. The van der Waals surface area contributed by atoms with E-state index in [-0.39, 0.29) is 0 Å². The Morgan fingerprint density at radius 3 is 2.85 bits per heavy atom. The van der Waals surface area contributed by atoms with Crippen LogP contribution in [0.15, 0.2) is 18.2 Å². The minimum Gasteiger partial charge on any atom is -0.497 e. The number of nitrogens with one attached hydrogen (secondary N) is 1. The summed E-state index contributed by atoms with van der Waals surface area (Å²) in [6.45, 7) is 3.91. The fourth-order valence-electron chi connectivity index (χ4n) is 2.68. The zero-order valence-electron chi connectivity index (χ0n) is 12.1. The van der Waals surface area contributed by atoms with Crippen LogP contribution in [-0.4, -0.2) is 30.5 Å². The molecule has 2 aromatic rings. The number of methoxy groups -OCH3 is 2. The van der Waals surface area contributed by atoms with Gasteiger partial charge in [-0.05, 0) is 31.5 Å². The second kappa shape index (κ2) is 5.07. The van der Waals surface area contributed by atoms with Gasteiger partial charge >= 0.3 is 0 Å². The van der Waals surface area contributed by atoms with E-state index in [1.54, 1.807) is 14.2 Å². The molecule has 5 heteroatoms. The first-order valence-corrected chi connectivity index (χ1v) is 6.84. The van der Waals surface area contributed by atoms with Crippen molar-refractivity contribution in [1.29, 1.82) is 0 Å². The van der Waals surface area contributed by atoms with Crippen LogP contribution in [0.3, 0.4) is 0 Å². The highest BCUT2D eigenvalue weighted by molar-refractivity contribution is 5.76. The van der Waals surface area contributed by atoms with Gasteiger partial charge in [0.1, 0.15) is 23.0 Å². The average molecular weight is 273 g/mol. The first-order valence-electron chi connectivity index (χ1n) is 6.84. The van der Waals surface area contributed by atoms with E-state index in [1.807, 2.05) is 22.9 Å². The van der Waals surface area contributed by atoms with Crippen molar-refractivity contribution in [2.24, 2.45) is 0 Å². The van der Waals surface area contributed by atoms with E-state index in [9.17, 15) is 0 Å². The van der Waals surface area contributed by atoms with Crippen LogP contribution in [0, 0.1) is 0 Å². The molecule has 0 bridgehead atoms. The number of hydrogen-bond donors (Lipinski definition) is 1. The van der Waals surface area contributed by atoms with E-state index >= 15 is 0 Å². The lowest BCUT2D eigenvalue weighted by atomic mass is 10.1. The quantitative estimate of drug-likeness (QED) is 0.930. The van der Waals surface area contributed by atoms with Crippen molar-refractivity contribution in [2.45, 2.75) is 19.9 Å². The lowest BCUT2D eigenvalue weighted by Gasteiger charge is -2.09.